The van der Waals surface area contributed by atoms with Gasteiger partial charge in [0.15, 0.2) is 5.96 Å². The number of hydrogen-bond donors (Lipinski definition) is 2. The summed E-state index contributed by atoms with van der Waals surface area (Å²) in [4.78, 5) is 6.94. The van der Waals surface area contributed by atoms with Gasteiger partial charge in [-0.1, -0.05) is 19.1 Å². The second-order valence-electron chi connectivity index (χ2n) is 5.56. The van der Waals surface area contributed by atoms with Crippen molar-refractivity contribution in [1.82, 2.24) is 15.5 Å². The van der Waals surface area contributed by atoms with Crippen molar-refractivity contribution in [2.75, 3.05) is 39.8 Å². The molecule has 0 aliphatic rings. The second kappa shape index (κ2) is 13.3. The maximum atomic E-state index is 5.72. The van der Waals surface area contributed by atoms with E-state index in [1.165, 1.54) is 5.56 Å². The molecule has 138 valence electrons. The predicted molar refractivity (Wildman–Crippen MR) is 114 cm³/mol. The van der Waals surface area contributed by atoms with Crippen molar-refractivity contribution in [3.63, 3.8) is 0 Å². The molecule has 0 aliphatic carbocycles. The van der Waals surface area contributed by atoms with Gasteiger partial charge in [-0.2, -0.15) is 0 Å². The quantitative estimate of drug-likeness (QED) is 0.347. The van der Waals surface area contributed by atoms with Crippen LogP contribution in [-0.4, -0.2) is 50.7 Å². The SMILES string of the molecule is CCNC(=NCc1ccc(C)cc1OCC)NCCN(C)CC.I. The number of benzene rings is 1. The van der Waals surface area contributed by atoms with E-state index in [-0.39, 0.29) is 24.0 Å². The molecule has 0 spiro atoms. The van der Waals surface area contributed by atoms with Gasteiger partial charge in [-0.25, -0.2) is 4.99 Å². The highest BCUT2D eigenvalue weighted by Crippen LogP contribution is 2.21. The first-order valence-corrected chi connectivity index (χ1v) is 8.53. The molecule has 1 aromatic rings. The Bertz CT molecular complexity index is 494. The molecule has 0 aliphatic heterocycles. The fraction of sp³-hybridized carbons (Fsp3) is 0.611. The van der Waals surface area contributed by atoms with Crippen molar-refractivity contribution in [3.8, 4) is 5.75 Å². The van der Waals surface area contributed by atoms with Crippen molar-refractivity contribution in [2.24, 2.45) is 4.99 Å². The molecule has 1 aromatic carbocycles. The molecule has 0 heterocycles. The molecule has 0 saturated heterocycles. The lowest BCUT2D eigenvalue weighted by atomic mass is 10.1. The number of guanidine groups is 1. The summed E-state index contributed by atoms with van der Waals surface area (Å²) >= 11 is 0. The smallest absolute Gasteiger partial charge is 0.191 e. The van der Waals surface area contributed by atoms with Gasteiger partial charge < -0.3 is 20.3 Å². The van der Waals surface area contributed by atoms with Crippen LogP contribution in [0.1, 0.15) is 31.9 Å². The molecule has 0 aromatic heterocycles. The second-order valence-corrected chi connectivity index (χ2v) is 5.56. The van der Waals surface area contributed by atoms with Crippen LogP contribution in [0.15, 0.2) is 23.2 Å². The van der Waals surface area contributed by atoms with Crippen LogP contribution in [0.4, 0.5) is 0 Å². The van der Waals surface area contributed by atoms with Gasteiger partial charge in [0.05, 0.1) is 13.2 Å². The summed E-state index contributed by atoms with van der Waals surface area (Å²) in [6.07, 6.45) is 0. The van der Waals surface area contributed by atoms with Gasteiger partial charge in [0.25, 0.3) is 0 Å². The van der Waals surface area contributed by atoms with Crippen LogP contribution in [0.3, 0.4) is 0 Å². The number of rotatable bonds is 9. The lowest BCUT2D eigenvalue weighted by Crippen LogP contribution is -2.40. The molecule has 1 rings (SSSR count). The minimum absolute atomic E-state index is 0. The first-order chi connectivity index (χ1) is 11.1. The van der Waals surface area contributed by atoms with Crippen LogP contribution in [-0.2, 0) is 6.54 Å². The number of nitrogens with one attached hydrogen (secondary N) is 2. The van der Waals surface area contributed by atoms with E-state index >= 15 is 0 Å². The average molecular weight is 448 g/mol. The Morgan fingerprint density at radius 1 is 1.21 bits per heavy atom. The highest BCUT2D eigenvalue weighted by atomic mass is 127. The highest BCUT2D eigenvalue weighted by Gasteiger charge is 2.04. The number of aliphatic imine (C=N–C) groups is 1. The van der Waals surface area contributed by atoms with Crippen LogP contribution >= 0.6 is 24.0 Å². The number of ether oxygens (including phenoxy) is 1. The highest BCUT2D eigenvalue weighted by molar-refractivity contribution is 14.0. The molecule has 0 saturated carbocycles. The minimum atomic E-state index is 0. The maximum absolute atomic E-state index is 5.72. The zero-order chi connectivity index (χ0) is 17.1. The van der Waals surface area contributed by atoms with Crippen LogP contribution in [0.25, 0.3) is 0 Å². The molecule has 24 heavy (non-hydrogen) atoms. The van der Waals surface area contributed by atoms with Gasteiger partial charge in [0, 0.05) is 25.2 Å². The van der Waals surface area contributed by atoms with Crippen LogP contribution in [0, 0.1) is 6.92 Å². The Morgan fingerprint density at radius 2 is 1.96 bits per heavy atom. The van der Waals surface area contributed by atoms with Crippen LogP contribution in [0.2, 0.25) is 0 Å². The molecular weight excluding hydrogens is 415 g/mol. The van der Waals surface area contributed by atoms with E-state index in [0.717, 1.165) is 43.5 Å². The fourth-order valence-electron chi connectivity index (χ4n) is 2.11. The van der Waals surface area contributed by atoms with Crippen LogP contribution < -0.4 is 15.4 Å². The predicted octanol–water partition coefficient (Wildman–Crippen LogP) is 3.02. The largest absolute Gasteiger partial charge is 0.494 e. The first kappa shape index (κ1) is 23.0. The topological polar surface area (TPSA) is 48.9 Å². The van der Waals surface area contributed by atoms with E-state index in [9.17, 15) is 0 Å². The third-order valence-electron chi connectivity index (χ3n) is 3.60. The molecular formula is C18H33IN4O. The van der Waals surface area contributed by atoms with Gasteiger partial charge >= 0.3 is 0 Å². The Morgan fingerprint density at radius 3 is 2.58 bits per heavy atom. The van der Waals surface area contributed by atoms with E-state index in [2.05, 4.69) is 66.5 Å². The standard InChI is InChI=1S/C18H32N4O.HI/c1-6-19-18(20-11-12-22(5)7-2)21-14-16-10-9-15(4)13-17(16)23-8-3;/h9-10,13H,6-8,11-12,14H2,1-5H3,(H2,19,20,21);1H. The minimum Gasteiger partial charge on any atom is -0.494 e. The number of nitrogens with zero attached hydrogens (tertiary/aromatic N) is 2. The van der Waals surface area contributed by atoms with E-state index in [1.807, 2.05) is 6.92 Å². The van der Waals surface area contributed by atoms with Crippen molar-refractivity contribution < 1.29 is 4.74 Å². The molecule has 6 heteroatoms. The molecule has 0 fully saturated rings. The Hall–Kier alpha value is -1.02. The monoisotopic (exact) mass is 448 g/mol. The summed E-state index contributed by atoms with van der Waals surface area (Å²) in [5.41, 5.74) is 2.31. The molecule has 5 nitrogen and oxygen atoms in total. The Kier molecular flexibility index (Phi) is 12.7. The van der Waals surface area contributed by atoms with E-state index in [0.29, 0.717) is 13.2 Å². The Balaban J connectivity index is 0.00000529. The average Bonchev–Trinajstić information content (AvgIpc) is 2.54. The molecule has 2 N–H and O–H groups in total. The third kappa shape index (κ3) is 8.73. The maximum Gasteiger partial charge on any atom is 0.191 e. The van der Waals surface area contributed by atoms with Crippen molar-refractivity contribution in [3.05, 3.63) is 29.3 Å². The van der Waals surface area contributed by atoms with Crippen molar-refractivity contribution >= 4 is 29.9 Å². The van der Waals surface area contributed by atoms with Crippen molar-refractivity contribution in [1.29, 1.82) is 0 Å². The van der Waals surface area contributed by atoms with E-state index in [1.54, 1.807) is 0 Å². The zero-order valence-electron chi connectivity index (χ0n) is 15.7. The summed E-state index contributed by atoms with van der Waals surface area (Å²) in [6, 6.07) is 6.27. The lowest BCUT2D eigenvalue weighted by molar-refractivity contribution is 0.336. The third-order valence-corrected chi connectivity index (χ3v) is 3.60. The molecule has 0 unspecified atom stereocenters. The molecule has 0 bridgehead atoms. The molecule has 0 atom stereocenters. The summed E-state index contributed by atoms with van der Waals surface area (Å²) in [5.74, 6) is 1.78. The van der Waals surface area contributed by atoms with Gasteiger partial charge in [0.1, 0.15) is 5.75 Å². The number of halogens is 1. The summed E-state index contributed by atoms with van der Waals surface area (Å²) in [7, 11) is 2.12. The van der Waals surface area contributed by atoms with Gasteiger partial charge in [-0.3, -0.25) is 0 Å². The van der Waals surface area contributed by atoms with E-state index in [4.69, 9.17) is 4.74 Å². The summed E-state index contributed by atoms with van der Waals surface area (Å²) < 4.78 is 5.72. The van der Waals surface area contributed by atoms with Gasteiger partial charge in [0.2, 0.25) is 0 Å². The number of hydrogen-bond acceptors (Lipinski definition) is 3. The molecule has 0 amide bonds. The molecule has 0 radical (unpaired) electrons. The van der Waals surface area contributed by atoms with E-state index < -0.39 is 0 Å². The summed E-state index contributed by atoms with van der Waals surface area (Å²) in [6.45, 7) is 13.4. The normalized spacial score (nSPS) is 11.2. The zero-order valence-corrected chi connectivity index (χ0v) is 18.0. The van der Waals surface area contributed by atoms with Gasteiger partial charge in [-0.15, -0.1) is 24.0 Å². The first-order valence-electron chi connectivity index (χ1n) is 8.53. The number of aryl methyl sites for hydroxylation is 1. The summed E-state index contributed by atoms with van der Waals surface area (Å²) in [5, 5.41) is 6.66. The van der Waals surface area contributed by atoms with Crippen molar-refractivity contribution in [2.45, 2.75) is 34.2 Å². The lowest BCUT2D eigenvalue weighted by Gasteiger charge is -2.16. The Labute approximate surface area is 164 Å². The van der Waals surface area contributed by atoms with Gasteiger partial charge in [-0.05, 0) is 46.0 Å². The van der Waals surface area contributed by atoms with Crippen LogP contribution in [0.5, 0.6) is 5.75 Å². The fourth-order valence-corrected chi connectivity index (χ4v) is 2.11. The number of likely N-dealkylation sites (N-methyl/N-ethyl adjacent to an activating group) is 1.